The minimum Gasteiger partial charge on any atom is -0.352 e. The van der Waals surface area contributed by atoms with Gasteiger partial charge in [0.25, 0.3) is 0 Å². The molecule has 130 valence electrons. The number of benzene rings is 2. The SMILES string of the molecule is CSc1cccc(N2C[C@H](C(=O)NCc3ccc(Cl)cc3)CC2=O)c1. The summed E-state index contributed by atoms with van der Waals surface area (Å²) in [6, 6.07) is 15.2. The van der Waals surface area contributed by atoms with Crippen molar-refractivity contribution in [2.45, 2.75) is 17.9 Å². The van der Waals surface area contributed by atoms with Gasteiger partial charge < -0.3 is 10.2 Å². The van der Waals surface area contributed by atoms with Gasteiger partial charge in [-0.15, -0.1) is 11.8 Å². The van der Waals surface area contributed by atoms with Crippen molar-refractivity contribution in [1.29, 1.82) is 0 Å². The van der Waals surface area contributed by atoms with E-state index in [0.717, 1.165) is 16.1 Å². The first kappa shape index (κ1) is 17.8. The van der Waals surface area contributed by atoms with Gasteiger partial charge in [0, 0.05) is 35.1 Å². The number of hydrogen-bond donors (Lipinski definition) is 1. The molecule has 1 N–H and O–H groups in total. The summed E-state index contributed by atoms with van der Waals surface area (Å²) in [5.41, 5.74) is 1.83. The summed E-state index contributed by atoms with van der Waals surface area (Å²) in [7, 11) is 0. The van der Waals surface area contributed by atoms with Crippen LogP contribution in [-0.2, 0) is 16.1 Å². The van der Waals surface area contributed by atoms with Crippen LogP contribution in [0.1, 0.15) is 12.0 Å². The van der Waals surface area contributed by atoms with Crippen LogP contribution in [-0.4, -0.2) is 24.6 Å². The maximum absolute atomic E-state index is 12.4. The highest BCUT2D eigenvalue weighted by Gasteiger charge is 2.35. The molecule has 25 heavy (non-hydrogen) atoms. The van der Waals surface area contributed by atoms with Crippen molar-refractivity contribution < 1.29 is 9.59 Å². The molecular weight excluding hydrogens is 356 g/mol. The van der Waals surface area contributed by atoms with E-state index in [4.69, 9.17) is 11.6 Å². The highest BCUT2D eigenvalue weighted by Crippen LogP contribution is 2.28. The second kappa shape index (κ2) is 7.93. The zero-order chi connectivity index (χ0) is 17.8. The predicted molar refractivity (Wildman–Crippen MR) is 102 cm³/mol. The maximum atomic E-state index is 12.4. The summed E-state index contributed by atoms with van der Waals surface area (Å²) in [4.78, 5) is 27.5. The van der Waals surface area contributed by atoms with Crippen LogP contribution in [0.3, 0.4) is 0 Å². The van der Waals surface area contributed by atoms with E-state index in [1.807, 2.05) is 42.7 Å². The summed E-state index contributed by atoms with van der Waals surface area (Å²) >= 11 is 7.49. The van der Waals surface area contributed by atoms with Gasteiger partial charge in [-0.25, -0.2) is 0 Å². The number of carbonyl (C=O) groups excluding carboxylic acids is 2. The molecule has 0 aliphatic carbocycles. The predicted octanol–water partition coefficient (Wildman–Crippen LogP) is 3.73. The lowest BCUT2D eigenvalue weighted by Crippen LogP contribution is -2.32. The second-order valence-electron chi connectivity index (χ2n) is 5.95. The fourth-order valence-corrected chi connectivity index (χ4v) is 3.43. The summed E-state index contributed by atoms with van der Waals surface area (Å²) in [6.07, 6.45) is 2.24. The average molecular weight is 375 g/mol. The second-order valence-corrected chi connectivity index (χ2v) is 7.27. The molecule has 0 bridgehead atoms. The molecule has 3 rings (SSSR count). The Hall–Kier alpha value is -1.98. The number of rotatable bonds is 5. The van der Waals surface area contributed by atoms with Gasteiger partial charge in [-0.1, -0.05) is 29.8 Å². The molecule has 6 heteroatoms. The molecule has 1 aliphatic heterocycles. The lowest BCUT2D eigenvalue weighted by atomic mass is 10.1. The van der Waals surface area contributed by atoms with Crippen LogP contribution in [0.15, 0.2) is 53.4 Å². The number of anilines is 1. The van der Waals surface area contributed by atoms with Crippen molar-refractivity contribution >= 4 is 40.9 Å². The Labute approximate surface area is 156 Å². The van der Waals surface area contributed by atoms with Crippen molar-refractivity contribution in [2.24, 2.45) is 5.92 Å². The Morgan fingerprint density at radius 1 is 1.28 bits per heavy atom. The Bertz CT molecular complexity index is 779. The molecule has 1 saturated heterocycles. The number of nitrogens with zero attached hydrogens (tertiary/aromatic N) is 1. The largest absolute Gasteiger partial charge is 0.352 e. The summed E-state index contributed by atoms with van der Waals surface area (Å²) < 4.78 is 0. The highest BCUT2D eigenvalue weighted by atomic mass is 35.5. The first-order valence-electron chi connectivity index (χ1n) is 8.03. The van der Waals surface area contributed by atoms with Crippen molar-refractivity contribution in [3.8, 4) is 0 Å². The van der Waals surface area contributed by atoms with Gasteiger partial charge >= 0.3 is 0 Å². The van der Waals surface area contributed by atoms with Gasteiger partial charge in [-0.05, 0) is 42.2 Å². The lowest BCUT2D eigenvalue weighted by Gasteiger charge is -2.17. The minimum absolute atomic E-state index is 0.00936. The van der Waals surface area contributed by atoms with Crippen molar-refractivity contribution in [1.82, 2.24) is 5.32 Å². The van der Waals surface area contributed by atoms with Crippen molar-refractivity contribution in [3.63, 3.8) is 0 Å². The average Bonchev–Trinajstić information content (AvgIpc) is 3.03. The number of thioether (sulfide) groups is 1. The lowest BCUT2D eigenvalue weighted by molar-refractivity contribution is -0.126. The molecule has 1 heterocycles. The molecule has 1 fully saturated rings. The molecule has 1 atom stereocenters. The van der Waals surface area contributed by atoms with Crippen LogP contribution in [0.5, 0.6) is 0 Å². The standard InChI is InChI=1S/C19H19ClN2O2S/c1-25-17-4-2-3-16(10-17)22-12-14(9-18(22)23)19(24)21-11-13-5-7-15(20)8-6-13/h2-8,10,14H,9,11-12H2,1H3,(H,21,24)/t14-/m1/s1. The molecule has 0 aromatic heterocycles. The molecule has 4 nitrogen and oxygen atoms in total. The zero-order valence-corrected chi connectivity index (χ0v) is 15.4. The number of halogens is 1. The number of hydrogen-bond acceptors (Lipinski definition) is 3. The van der Waals surface area contributed by atoms with Crippen LogP contribution in [0.2, 0.25) is 5.02 Å². The smallest absolute Gasteiger partial charge is 0.227 e. The third-order valence-electron chi connectivity index (χ3n) is 4.24. The molecule has 0 radical (unpaired) electrons. The van der Waals surface area contributed by atoms with E-state index in [1.54, 1.807) is 28.8 Å². The zero-order valence-electron chi connectivity index (χ0n) is 13.9. The summed E-state index contributed by atoms with van der Waals surface area (Å²) in [5.74, 6) is -0.422. The molecule has 2 aromatic carbocycles. The fraction of sp³-hybridized carbons (Fsp3) is 0.263. The van der Waals surface area contributed by atoms with E-state index >= 15 is 0 Å². The Kier molecular flexibility index (Phi) is 5.66. The summed E-state index contributed by atoms with van der Waals surface area (Å²) in [6.45, 7) is 0.853. The van der Waals surface area contributed by atoms with E-state index in [-0.39, 0.29) is 24.2 Å². The molecule has 1 aliphatic rings. The number of carbonyl (C=O) groups is 2. The normalized spacial score (nSPS) is 17.0. The Balaban J connectivity index is 1.61. The van der Waals surface area contributed by atoms with Crippen molar-refractivity contribution in [2.75, 3.05) is 17.7 Å². The van der Waals surface area contributed by atoms with E-state index in [9.17, 15) is 9.59 Å². The van der Waals surface area contributed by atoms with Crippen LogP contribution < -0.4 is 10.2 Å². The molecule has 2 amide bonds. The highest BCUT2D eigenvalue weighted by molar-refractivity contribution is 7.98. The fourth-order valence-electron chi connectivity index (χ4n) is 2.85. The van der Waals surface area contributed by atoms with Crippen LogP contribution in [0, 0.1) is 5.92 Å². The van der Waals surface area contributed by atoms with Gasteiger partial charge in [-0.2, -0.15) is 0 Å². The van der Waals surface area contributed by atoms with Crippen LogP contribution in [0.25, 0.3) is 0 Å². The van der Waals surface area contributed by atoms with Gasteiger partial charge in [0.2, 0.25) is 11.8 Å². The van der Waals surface area contributed by atoms with E-state index in [2.05, 4.69) is 5.32 Å². The monoisotopic (exact) mass is 374 g/mol. The topological polar surface area (TPSA) is 49.4 Å². The third kappa shape index (κ3) is 4.35. The minimum atomic E-state index is -0.322. The third-order valence-corrected chi connectivity index (χ3v) is 5.22. The maximum Gasteiger partial charge on any atom is 0.227 e. The van der Waals surface area contributed by atoms with Crippen LogP contribution >= 0.6 is 23.4 Å². The van der Waals surface area contributed by atoms with Crippen LogP contribution in [0.4, 0.5) is 5.69 Å². The number of amides is 2. The molecule has 2 aromatic rings. The summed E-state index contributed by atoms with van der Waals surface area (Å²) in [5, 5.41) is 3.58. The van der Waals surface area contributed by atoms with Gasteiger partial charge in [-0.3, -0.25) is 9.59 Å². The molecule has 0 unspecified atom stereocenters. The van der Waals surface area contributed by atoms with Crippen molar-refractivity contribution in [3.05, 3.63) is 59.1 Å². The van der Waals surface area contributed by atoms with E-state index in [1.165, 1.54) is 0 Å². The van der Waals surface area contributed by atoms with E-state index < -0.39 is 0 Å². The first-order chi connectivity index (χ1) is 12.1. The Morgan fingerprint density at radius 3 is 2.76 bits per heavy atom. The molecule has 0 saturated carbocycles. The molecular formula is C19H19ClN2O2S. The number of nitrogens with one attached hydrogen (secondary N) is 1. The van der Waals surface area contributed by atoms with Gasteiger partial charge in [0.15, 0.2) is 0 Å². The quantitative estimate of drug-likeness (QED) is 0.811. The van der Waals surface area contributed by atoms with Gasteiger partial charge in [0.1, 0.15) is 0 Å². The Morgan fingerprint density at radius 2 is 2.04 bits per heavy atom. The van der Waals surface area contributed by atoms with Gasteiger partial charge in [0.05, 0.1) is 5.92 Å². The first-order valence-corrected chi connectivity index (χ1v) is 9.63. The molecule has 0 spiro atoms. The van der Waals surface area contributed by atoms with E-state index in [0.29, 0.717) is 18.1 Å².